The van der Waals surface area contributed by atoms with E-state index in [2.05, 4.69) is 20.4 Å². The maximum Gasteiger partial charge on any atom is 0.138 e. The summed E-state index contributed by atoms with van der Waals surface area (Å²) in [5.41, 5.74) is 3.46. The normalized spacial score (nSPS) is 13.1. The predicted molar refractivity (Wildman–Crippen MR) is 78.9 cm³/mol. The van der Waals surface area contributed by atoms with E-state index in [0.29, 0.717) is 6.42 Å². The van der Waals surface area contributed by atoms with Crippen LogP contribution in [0.2, 0.25) is 0 Å². The first kappa shape index (κ1) is 12.7. The molecular formula is C14H13N7O. The quantitative estimate of drug-likeness (QED) is 0.676. The van der Waals surface area contributed by atoms with Crippen molar-refractivity contribution in [1.82, 2.24) is 29.8 Å². The number of hydrogen-bond donors (Lipinski definition) is 0. The van der Waals surface area contributed by atoms with E-state index in [4.69, 9.17) is 9.73 Å². The molecule has 0 amide bonds. The van der Waals surface area contributed by atoms with Crippen LogP contribution >= 0.6 is 0 Å². The van der Waals surface area contributed by atoms with Crippen LogP contribution in [-0.4, -0.2) is 42.7 Å². The number of nitrogens with zero attached hydrogens (tertiary/aromatic N) is 7. The molecule has 0 bridgehead atoms. The fourth-order valence-corrected chi connectivity index (χ4v) is 2.47. The molecule has 4 rings (SSSR count). The molecule has 3 heterocycles. The lowest BCUT2D eigenvalue weighted by Crippen LogP contribution is -2.16. The minimum absolute atomic E-state index is 0.569. The summed E-state index contributed by atoms with van der Waals surface area (Å²) in [7, 11) is 1.63. The SMILES string of the molecule is COc1ccc2c(c1)-n1nnc(C)c1CC(n1cncn1)=N2. The van der Waals surface area contributed by atoms with Crippen LogP contribution in [0.1, 0.15) is 11.4 Å². The number of aryl methyl sites for hydroxylation is 1. The average molecular weight is 295 g/mol. The van der Waals surface area contributed by atoms with Crippen LogP contribution in [0.25, 0.3) is 5.69 Å². The van der Waals surface area contributed by atoms with Crippen molar-refractivity contribution in [3.63, 3.8) is 0 Å². The van der Waals surface area contributed by atoms with Gasteiger partial charge in [0, 0.05) is 6.07 Å². The van der Waals surface area contributed by atoms with Crippen molar-refractivity contribution in [3.05, 3.63) is 42.2 Å². The maximum atomic E-state index is 5.30. The van der Waals surface area contributed by atoms with Crippen molar-refractivity contribution in [2.75, 3.05) is 7.11 Å². The minimum atomic E-state index is 0.569. The largest absolute Gasteiger partial charge is 0.497 e. The van der Waals surface area contributed by atoms with Gasteiger partial charge in [-0.2, -0.15) is 5.10 Å². The van der Waals surface area contributed by atoms with Gasteiger partial charge in [-0.25, -0.2) is 19.3 Å². The highest BCUT2D eigenvalue weighted by Gasteiger charge is 2.21. The van der Waals surface area contributed by atoms with Crippen molar-refractivity contribution >= 4 is 11.5 Å². The van der Waals surface area contributed by atoms with E-state index in [9.17, 15) is 0 Å². The first-order chi connectivity index (χ1) is 10.8. The van der Waals surface area contributed by atoms with E-state index in [1.807, 2.05) is 25.1 Å². The van der Waals surface area contributed by atoms with Gasteiger partial charge in [0.2, 0.25) is 0 Å². The molecule has 0 atom stereocenters. The number of fused-ring (bicyclic) bond motifs is 3. The highest BCUT2D eigenvalue weighted by Crippen LogP contribution is 2.31. The Labute approximate surface area is 126 Å². The molecule has 0 radical (unpaired) electrons. The van der Waals surface area contributed by atoms with Gasteiger partial charge < -0.3 is 4.74 Å². The van der Waals surface area contributed by atoms with Crippen molar-refractivity contribution in [3.8, 4) is 11.4 Å². The summed E-state index contributed by atoms with van der Waals surface area (Å²) < 4.78 is 8.77. The molecule has 2 aromatic heterocycles. The Morgan fingerprint density at radius 3 is 2.95 bits per heavy atom. The molecule has 1 aliphatic rings. The van der Waals surface area contributed by atoms with E-state index in [1.54, 1.807) is 22.8 Å². The van der Waals surface area contributed by atoms with Crippen LogP contribution in [0, 0.1) is 6.92 Å². The third kappa shape index (κ3) is 1.88. The van der Waals surface area contributed by atoms with Crippen LogP contribution in [0.4, 0.5) is 5.69 Å². The summed E-state index contributed by atoms with van der Waals surface area (Å²) in [6.45, 7) is 1.93. The lowest BCUT2D eigenvalue weighted by atomic mass is 10.2. The van der Waals surface area contributed by atoms with Gasteiger partial charge in [0.05, 0.1) is 36.3 Å². The predicted octanol–water partition coefficient (Wildman–Crippen LogP) is 1.31. The fraction of sp³-hybridized carbons (Fsp3) is 0.214. The molecule has 8 heteroatoms. The van der Waals surface area contributed by atoms with Gasteiger partial charge in [0.25, 0.3) is 0 Å². The molecule has 110 valence electrons. The third-order valence-electron chi connectivity index (χ3n) is 3.63. The Morgan fingerprint density at radius 1 is 1.27 bits per heavy atom. The molecule has 0 spiro atoms. The van der Waals surface area contributed by atoms with E-state index >= 15 is 0 Å². The van der Waals surface area contributed by atoms with Gasteiger partial charge in [0.1, 0.15) is 24.2 Å². The Morgan fingerprint density at radius 2 is 2.18 bits per heavy atom. The van der Waals surface area contributed by atoms with Crippen LogP contribution in [-0.2, 0) is 6.42 Å². The summed E-state index contributed by atoms with van der Waals surface area (Å²) in [6, 6.07) is 5.67. The van der Waals surface area contributed by atoms with Crippen molar-refractivity contribution in [2.24, 2.45) is 4.99 Å². The number of aromatic nitrogens is 6. The second kappa shape index (κ2) is 4.76. The third-order valence-corrected chi connectivity index (χ3v) is 3.63. The summed E-state index contributed by atoms with van der Waals surface area (Å²) in [5.74, 6) is 1.52. The molecule has 0 N–H and O–H groups in total. The smallest absolute Gasteiger partial charge is 0.138 e. The van der Waals surface area contributed by atoms with E-state index in [-0.39, 0.29) is 0 Å². The van der Waals surface area contributed by atoms with Crippen LogP contribution < -0.4 is 4.74 Å². The van der Waals surface area contributed by atoms with E-state index in [1.165, 1.54) is 6.33 Å². The van der Waals surface area contributed by atoms with E-state index < -0.39 is 0 Å². The average Bonchev–Trinajstić information content (AvgIpc) is 3.15. The lowest BCUT2D eigenvalue weighted by Gasteiger charge is -2.07. The van der Waals surface area contributed by atoms with Gasteiger partial charge in [0.15, 0.2) is 0 Å². The molecule has 0 unspecified atom stereocenters. The second-order valence-electron chi connectivity index (χ2n) is 4.93. The maximum absolute atomic E-state index is 5.30. The summed E-state index contributed by atoms with van der Waals surface area (Å²) in [4.78, 5) is 8.71. The number of rotatable bonds is 1. The number of methoxy groups -OCH3 is 1. The molecule has 1 aromatic carbocycles. The molecule has 0 saturated carbocycles. The van der Waals surface area contributed by atoms with Gasteiger partial charge in [-0.3, -0.25) is 0 Å². The molecular weight excluding hydrogens is 282 g/mol. The zero-order valence-electron chi connectivity index (χ0n) is 12.1. The van der Waals surface area contributed by atoms with Crippen molar-refractivity contribution < 1.29 is 4.74 Å². The van der Waals surface area contributed by atoms with Gasteiger partial charge in [-0.05, 0) is 19.1 Å². The Bertz CT molecular complexity index is 863. The van der Waals surface area contributed by atoms with Crippen LogP contribution in [0.15, 0.2) is 35.8 Å². The molecule has 1 aliphatic heterocycles. The Balaban J connectivity index is 1.97. The molecule has 8 nitrogen and oxygen atoms in total. The Hall–Kier alpha value is -3.03. The highest BCUT2D eigenvalue weighted by atomic mass is 16.5. The topological polar surface area (TPSA) is 83.0 Å². The van der Waals surface area contributed by atoms with Gasteiger partial charge >= 0.3 is 0 Å². The monoisotopic (exact) mass is 295 g/mol. The van der Waals surface area contributed by atoms with Gasteiger partial charge in [-0.1, -0.05) is 5.21 Å². The van der Waals surface area contributed by atoms with E-state index in [0.717, 1.165) is 34.3 Å². The fourth-order valence-electron chi connectivity index (χ4n) is 2.47. The summed E-state index contributed by atoms with van der Waals surface area (Å²) in [5, 5.41) is 12.6. The van der Waals surface area contributed by atoms with Crippen molar-refractivity contribution in [1.29, 1.82) is 0 Å². The lowest BCUT2D eigenvalue weighted by molar-refractivity contribution is 0.414. The first-order valence-corrected chi connectivity index (χ1v) is 6.78. The van der Waals surface area contributed by atoms with Crippen LogP contribution in [0.3, 0.4) is 0 Å². The molecule has 0 saturated heterocycles. The highest BCUT2D eigenvalue weighted by molar-refractivity contribution is 5.90. The molecule has 3 aromatic rings. The van der Waals surface area contributed by atoms with Crippen LogP contribution in [0.5, 0.6) is 5.75 Å². The number of aliphatic imine (C=N–C) groups is 1. The number of ether oxygens (including phenoxy) is 1. The Kier molecular flexibility index (Phi) is 2.75. The van der Waals surface area contributed by atoms with Crippen molar-refractivity contribution in [2.45, 2.75) is 13.3 Å². The first-order valence-electron chi connectivity index (χ1n) is 6.78. The molecule has 0 fully saturated rings. The summed E-state index contributed by atoms with van der Waals surface area (Å²) >= 11 is 0. The zero-order chi connectivity index (χ0) is 15.1. The minimum Gasteiger partial charge on any atom is -0.497 e. The second-order valence-corrected chi connectivity index (χ2v) is 4.93. The molecule has 22 heavy (non-hydrogen) atoms. The molecule has 0 aliphatic carbocycles. The number of hydrogen-bond acceptors (Lipinski definition) is 6. The zero-order valence-corrected chi connectivity index (χ0v) is 12.1. The van der Waals surface area contributed by atoms with Gasteiger partial charge in [-0.15, -0.1) is 5.10 Å². The number of benzene rings is 1. The summed E-state index contributed by atoms with van der Waals surface area (Å²) in [6.07, 6.45) is 3.70. The standard InChI is InChI=1S/C14H13N7O/c1-9-12-6-14(20-8-15-7-16-20)17-11-4-3-10(22-2)5-13(11)21(12)19-18-9/h3-5,7-8H,6H2,1-2H3.